The Morgan fingerprint density at radius 3 is 2.45 bits per heavy atom. The number of amides is 1. The molecule has 0 atom stereocenters. The largest absolute Gasteiger partial charge is 0.497 e. The van der Waals surface area contributed by atoms with Gasteiger partial charge in [-0.2, -0.15) is 13.2 Å². The molecule has 1 N–H and O–H groups in total. The number of nitrogens with zero attached hydrogens (tertiary/aromatic N) is 2. The molecule has 184 valence electrons. The zero-order valence-electron chi connectivity index (χ0n) is 18.8. The summed E-state index contributed by atoms with van der Waals surface area (Å²) in [4.78, 5) is 25.8. The molecule has 2 heterocycles. The lowest BCUT2D eigenvalue weighted by Gasteiger charge is -2.47. The molecule has 3 aliphatic rings. The zero-order valence-corrected chi connectivity index (χ0v) is 18.8. The molecule has 4 rings (SSSR count). The number of carbonyl (C=O) groups excluding carboxylic acids is 1. The second-order valence-corrected chi connectivity index (χ2v) is 8.92. The number of halogens is 3. The zero-order chi connectivity index (χ0) is 24.1. The van der Waals surface area contributed by atoms with Crippen LogP contribution in [0, 0.1) is 5.92 Å². The smallest absolute Gasteiger partial charge is 0.490 e. The molecule has 7 nitrogen and oxygen atoms in total. The highest BCUT2D eigenvalue weighted by molar-refractivity contribution is 5.76. The van der Waals surface area contributed by atoms with Gasteiger partial charge in [0.05, 0.1) is 19.3 Å². The van der Waals surface area contributed by atoms with E-state index in [9.17, 15) is 18.0 Å². The summed E-state index contributed by atoms with van der Waals surface area (Å²) in [7, 11) is 1.71. The highest BCUT2D eigenvalue weighted by atomic mass is 19.4. The van der Waals surface area contributed by atoms with Crippen LogP contribution in [-0.4, -0.2) is 78.5 Å². The van der Waals surface area contributed by atoms with Crippen molar-refractivity contribution in [2.75, 3.05) is 39.9 Å². The van der Waals surface area contributed by atoms with Crippen LogP contribution in [0.5, 0.6) is 5.75 Å². The standard InChI is InChI=1S/C21H30N2O3.C2HF3O2/c1-25-19-4-2-3-18(13-19)15-22-11-12-26-21(16-22)7-9-23(10-8-21)20(24)14-17-5-6-17;3-2(4,5)1(6)7/h2-4,13,17H,5-12,14-16H2,1H3;(H,6,7). The van der Waals surface area contributed by atoms with Gasteiger partial charge in [0, 0.05) is 39.1 Å². The minimum absolute atomic E-state index is 0.0759. The van der Waals surface area contributed by atoms with E-state index in [1.54, 1.807) is 7.11 Å². The fourth-order valence-corrected chi connectivity index (χ4v) is 4.25. The number of hydrogen-bond donors (Lipinski definition) is 1. The number of carbonyl (C=O) groups is 2. The molecule has 1 spiro atoms. The molecule has 1 aromatic rings. The van der Waals surface area contributed by atoms with Gasteiger partial charge in [0.15, 0.2) is 0 Å². The van der Waals surface area contributed by atoms with Crippen molar-refractivity contribution in [1.82, 2.24) is 9.80 Å². The Balaban J connectivity index is 0.000000383. The number of morpholine rings is 1. The number of rotatable bonds is 5. The lowest BCUT2D eigenvalue weighted by molar-refractivity contribution is -0.192. The van der Waals surface area contributed by atoms with Gasteiger partial charge >= 0.3 is 12.1 Å². The molecule has 1 aliphatic carbocycles. The molecule has 1 aromatic carbocycles. The van der Waals surface area contributed by atoms with Crippen LogP contribution in [0.3, 0.4) is 0 Å². The first-order chi connectivity index (χ1) is 15.6. The number of likely N-dealkylation sites (tertiary alicyclic amines) is 1. The van der Waals surface area contributed by atoms with E-state index in [1.165, 1.54) is 18.4 Å². The van der Waals surface area contributed by atoms with Gasteiger partial charge < -0.3 is 19.5 Å². The van der Waals surface area contributed by atoms with E-state index >= 15 is 0 Å². The Bertz CT molecular complexity index is 821. The molecule has 1 saturated carbocycles. The number of ether oxygens (including phenoxy) is 2. The first-order valence-electron chi connectivity index (χ1n) is 11.2. The predicted molar refractivity (Wildman–Crippen MR) is 114 cm³/mol. The summed E-state index contributed by atoms with van der Waals surface area (Å²) in [5.41, 5.74) is 1.20. The maximum Gasteiger partial charge on any atom is 0.490 e. The third kappa shape index (κ3) is 7.60. The van der Waals surface area contributed by atoms with Crippen molar-refractivity contribution in [2.24, 2.45) is 5.92 Å². The molecule has 0 unspecified atom stereocenters. The third-order valence-corrected chi connectivity index (χ3v) is 6.30. The van der Waals surface area contributed by atoms with Crippen LogP contribution in [0.2, 0.25) is 0 Å². The van der Waals surface area contributed by atoms with E-state index in [0.29, 0.717) is 11.8 Å². The third-order valence-electron chi connectivity index (χ3n) is 6.30. The molecule has 33 heavy (non-hydrogen) atoms. The van der Waals surface area contributed by atoms with Crippen LogP contribution in [0.1, 0.15) is 37.7 Å². The molecular weight excluding hydrogens is 441 g/mol. The number of carboxylic acid groups (broad SMARTS) is 1. The van der Waals surface area contributed by atoms with Gasteiger partial charge in [-0.25, -0.2) is 4.79 Å². The Morgan fingerprint density at radius 1 is 1.21 bits per heavy atom. The Hall–Kier alpha value is -2.33. The number of hydrogen-bond acceptors (Lipinski definition) is 5. The van der Waals surface area contributed by atoms with Crippen molar-refractivity contribution in [1.29, 1.82) is 0 Å². The van der Waals surface area contributed by atoms with Crippen molar-refractivity contribution < 1.29 is 37.3 Å². The van der Waals surface area contributed by atoms with Crippen LogP contribution in [0.15, 0.2) is 24.3 Å². The maximum atomic E-state index is 12.3. The number of aliphatic carboxylic acids is 1. The van der Waals surface area contributed by atoms with Gasteiger partial charge in [0.25, 0.3) is 0 Å². The number of piperidine rings is 1. The number of methoxy groups -OCH3 is 1. The number of benzene rings is 1. The average Bonchev–Trinajstić information content (AvgIpc) is 3.58. The van der Waals surface area contributed by atoms with Crippen LogP contribution in [0.4, 0.5) is 13.2 Å². The second kappa shape index (κ2) is 10.7. The highest BCUT2D eigenvalue weighted by Gasteiger charge is 2.41. The van der Waals surface area contributed by atoms with Crippen molar-refractivity contribution in [3.8, 4) is 5.75 Å². The van der Waals surface area contributed by atoms with Crippen molar-refractivity contribution in [3.63, 3.8) is 0 Å². The average molecular weight is 473 g/mol. The topological polar surface area (TPSA) is 79.3 Å². The number of alkyl halides is 3. The summed E-state index contributed by atoms with van der Waals surface area (Å²) in [6, 6.07) is 8.30. The summed E-state index contributed by atoms with van der Waals surface area (Å²) in [5, 5.41) is 7.12. The monoisotopic (exact) mass is 472 g/mol. The molecule has 0 bridgehead atoms. The van der Waals surface area contributed by atoms with Gasteiger partial charge in [-0.3, -0.25) is 9.69 Å². The molecular formula is C23H31F3N2O5. The summed E-state index contributed by atoms with van der Waals surface area (Å²) in [6.45, 7) is 5.31. The second-order valence-electron chi connectivity index (χ2n) is 8.92. The van der Waals surface area contributed by atoms with Crippen LogP contribution in [0.25, 0.3) is 0 Å². The molecule has 2 saturated heterocycles. The maximum absolute atomic E-state index is 12.3. The van der Waals surface area contributed by atoms with Gasteiger partial charge in [-0.15, -0.1) is 0 Å². The van der Waals surface area contributed by atoms with E-state index in [1.807, 2.05) is 12.1 Å². The van der Waals surface area contributed by atoms with E-state index in [4.69, 9.17) is 19.4 Å². The molecule has 3 fully saturated rings. The first-order valence-corrected chi connectivity index (χ1v) is 11.2. The van der Waals surface area contributed by atoms with Gasteiger partial charge in [0.1, 0.15) is 5.75 Å². The SMILES string of the molecule is COc1cccc(CN2CCOC3(CCN(C(=O)CC4CC4)CC3)C2)c1.O=C(O)C(F)(F)F. The van der Waals surface area contributed by atoms with Gasteiger partial charge in [-0.1, -0.05) is 12.1 Å². The summed E-state index contributed by atoms with van der Waals surface area (Å²) in [6.07, 6.45) is 0.0730. The summed E-state index contributed by atoms with van der Waals surface area (Å²) >= 11 is 0. The first kappa shape index (κ1) is 25.3. The molecule has 0 radical (unpaired) electrons. The van der Waals surface area contributed by atoms with E-state index in [2.05, 4.69) is 21.9 Å². The molecule has 10 heteroatoms. The van der Waals surface area contributed by atoms with Crippen LogP contribution in [-0.2, 0) is 20.9 Å². The highest BCUT2D eigenvalue weighted by Crippen LogP contribution is 2.35. The Kier molecular flexibility index (Phi) is 8.23. The molecule has 0 aromatic heterocycles. The van der Waals surface area contributed by atoms with E-state index in [-0.39, 0.29) is 5.60 Å². The van der Waals surface area contributed by atoms with Crippen molar-refractivity contribution in [3.05, 3.63) is 29.8 Å². The Labute approximate surface area is 191 Å². The van der Waals surface area contributed by atoms with Crippen LogP contribution < -0.4 is 4.74 Å². The van der Waals surface area contributed by atoms with Crippen LogP contribution >= 0.6 is 0 Å². The minimum atomic E-state index is -5.08. The van der Waals surface area contributed by atoms with Crippen molar-refractivity contribution in [2.45, 2.75) is 50.4 Å². The quantitative estimate of drug-likeness (QED) is 0.709. The van der Waals surface area contributed by atoms with Gasteiger partial charge in [0.2, 0.25) is 5.91 Å². The lowest BCUT2D eigenvalue weighted by Crippen LogP contribution is -2.57. The van der Waals surface area contributed by atoms with Crippen molar-refractivity contribution >= 4 is 11.9 Å². The molecule has 2 aliphatic heterocycles. The summed E-state index contributed by atoms with van der Waals surface area (Å²) in [5.74, 6) is -0.825. The minimum Gasteiger partial charge on any atom is -0.497 e. The van der Waals surface area contributed by atoms with E-state index in [0.717, 1.165) is 64.3 Å². The van der Waals surface area contributed by atoms with E-state index < -0.39 is 12.1 Å². The number of carboxylic acids is 1. The Morgan fingerprint density at radius 2 is 1.88 bits per heavy atom. The fourth-order valence-electron chi connectivity index (χ4n) is 4.25. The predicted octanol–water partition coefficient (Wildman–Crippen LogP) is 3.32. The molecule has 1 amide bonds. The fraction of sp³-hybridized carbons (Fsp3) is 0.652. The normalized spacial score (nSPS) is 20.7. The summed E-state index contributed by atoms with van der Waals surface area (Å²) < 4.78 is 43.3. The lowest BCUT2D eigenvalue weighted by atomic mass is 9.89. The van der Waals surface area contributed by atoms with Gasteiger partial charge in [-0.05, 0) is 49.3 Å².